The van der Waals surface area contributed by atoms with Gasteiger partial charge in [0.1, 0.15) is 5.82 Å². The number of nitro benzene ring substituents is 1. The van der Waals surface area contributed by atoms with E-state index in [4.69, 9.17) is 23.2 Å². The fourth-order valence-electron chi connectivity index (χ4n) is 3.50. The summed E-state index contributed by atoms with van der Waals surface area (Å²) in [4.78, 5) is 55.4. The van der Waals surface area contributed by atoms with Crippen LogP contribution in [0.5, 0.6) is 0 Å². The van der Waals surface area contributed by atoms with Gasteiger partial charge in [0, 0.05) is 34.3 Å². The largest absolute Gasteiger partial charge is 0.326 e. The Balaban J connectivity index is 1.65. The minimum absolute atomic E-state index is 0.00188. The minimum atomic E-state index is -1.16. The Kier molecular flexibility index (Phi) is 6.22. The van der Waals surface area contributed by atoms with Gasteiger partial charge in [-0.2, -0.15) is 4.98 Å². The molecule has 0 saturated carbocycles. The number of aryl methyl sites for hydroxylation is 1. The van der Waals surface area contributed by atoms with Gasteiger partial charge in [-0.15, -0.1) is 0 Å². The Labute approximate surface area is 201 Å². The van der Waals surface area contributed by atoms with Crippen LogP contribution in [-0.2, 0) is 9.59 Å². The van der Waals surface area contributed by atoms with Crippen molar-refractivity contribution in [3.63, 3.8) is 0 Å². The van der Waals surface area contributed by atoms with Gasteiger partial charge in [-0.05, 0) is 30.7 Å². The van der Waals surface area contributed by atoms with Crippen molar-refractivity contribution in [1.82, 2.24) is 9.97 Å². The van der Waals surface area contributed by atoms with E-state index < -0.39 is 28.2 Å². The molecule has 0 aliphatic carbocycles. The summed E-state index contributed by atoms with van der Waals surface area (Å²) in [6.45, 7) is 1.66. The van der Waals surface area contributed by atoms with E-state index in [2.05, 4.69) is 25.9 Å². The van der Waals surface area contributed by atoms with Crippen molar-refractivity contribution in [2.24, 2.45) is 0 Å². The number of benzene rings is 2. The third kappa shape index (κ3) is 4.85. The number of aromatic amines is 1. The number of H-pyrrole nitrogens is 1. The number of nitrogens with zero attached hydrogens (tertiary/aromatic N) is 2. The maximum atomic E-state index is 13.0. The van der Waals surface area contributed by atoms with Gasteiger partial charge in [0.2, 0.25) is 17.8 Å². The molecule has 2 aromatic carbocycles. The van der Waals surface area contributed by atoms with E-state index in [0.717, 1.165) is 0 Å². The van der Waals surface area contributed by atoms with E-state index in [-0.39, 0.29) is 35.1 Å². The van der Waals surface area contributed by atoms with Gasteiger partial charge in [-0.1, -0.05) is 29.3 Å². The average molecular weight is 503 g/mol. The van der Waals surface area contributed by atoms with Crippen molar-refractivity contribution in [1.29, 1.82) is 0 Å². The zero-order chi connectivity index (χ0) is 24.6. The molecule has 0 radical (unpaired) electrons. The molecule has 1 aliphatic heterocycles. The number of aromatic nitrogens is 2. The number of nitro groups is 1. The van der Waals surface area contributed by atoms with Crippen LogP contribution in [0.3, 0.4) is 0 Å². The summed E-state index contributed by atoms with van der Waals surface area (Å²) < 4.78 is 0. The molecule has 0 fully saturated rings. The van der Waals surface area contributed by atoms with E-state index >= 15 is 0 Å². The molecule has 0 spiro atoms. The number of rotatable bonds is 5. The lowest BCUT2D eigenvalue weighted by molar-refractivity contribution is -0.384. The smallest absolute Gasteiger partial charge is 0.271 e. The number of non-ortho nitro benzene ring substituents is 1. The highest BCUT2D eigenvalue weighted by atomic mass is 35.5. The van der Waals surface area contributed by atoms with Gasteiger partial charge in [0.05, 0.1) is 22.1 Å². The van der Waals surface area contributed by atoms with Crippen LogP contribution in [0.4, 0.5) is 28.8 Å². The summed E-state index contributed by atoms with van der Waals surface area (Å²) >= 11 is 12.0. The van der Waals surface area contributed by atoms with Crippen LogP contribution in [0.25, 0.3) is 0 Å². The van der Waals surface area contributed by atoms with Crippen LogP contribution < -0.4 is 21.5 Å². The highest BCUT2D eigenvalue weighted by Gasteiger charge is 2.35. The molecule has 0 unspecified atom stereocenters. The maximum absolute atomic E-state index is 13.0. The van der Waals surface area contributed by atoms with Crippen LogP contribution in [0.2, 0.25) is 10.0 Å². The molecule has 0 bridgehead atoms. The van der Waals surface area contributed by atoms with Gasteiger partial charge in [-0.3, -0.25) is 29.5 Å². The van der Waals surface area contributed by atoms with Crippen molar-refractivity contribution in [2.75, 3.05) is 16.0 Å². The van der Waals surface area contributed by atoms with Crippen molar-refractivity contribution < 1.29 is 14.5 Å². The molecular formula is C21H16Cl2N6O5. The molecule has 11 nitrogen and oxygen atoms in total. The van der Waals surface area contributed by atoms with E-state index in [0.29, 0.717) is 21.3 Å². The Morgan fingerprint density at radius 3 is 2.56 bits per heavy atom. The highest BCUT2D eigenvalue weighted by molar-refractivity contribution is 6.35. The van der Waals surface area contributed by atoms with Crippen molar-refractivity contribution in [3.8, 4) is 0 Å². The summed E-state index contributed by atoms with van der Waals surface area (Å²) in [6, 6.07) is 8.66. The number of hydrogen-bond donors (Lipinski definition) is 4. The van der Waals surface area contributed by atoms with Gasteiger partial charge in [0.15, 0.2) is 0 Å². The van der Waals surface area contributed by atoms with Crippen LogP contribution in [0.15, 0.2) is 41.2 Å². The monoisotopic (exact) mass is 502 g/mol. The molecule has 4 N–H and O–H groups in total. The molecule has 34 heavy (non-hydrogen) atoms. The predicted octanol–water partition coefficient (Wildman–Crippen LogP) is 4.10. The van der Waals surface area contributed by atoms with Gasteiger partial charge < -0.3 is 16.0 Å². The number of amides is 2. The van der Waals surface area contributed by atoms with Crippen LogP contribution in [0, 0.1) is 17.0 Å². The summed E-state index contributed by atoms with van der Waals surface area (Å²) in [5.41, 5.74) is 0.335. The molecule has 1 aromatic heterocycles. The molecule has 0 saturated heterocycles. The van der Waals surface area contributed by atoms with E-state index in [1.54, 1.807) is 19.1 Å². The van der Waals surface area contributed by atoms with E-state index in [1.807, 2.05) is 0 Å². The zero-order valence-electron chi connectivity index (χ0n) is 17.4. The molecule has 174 valence electrons. The minimum Gasteiger partial charge on any atom is -0.326 e. The molecule has 1 atom stereocenters. The van der Waals surface area contributed by atoms with Crippen LogP contribution in [-0.4, -0.2) is 26.7 Å². The quantitative estimate of drug-likeness (QED) is 0.301. The molecule has 1 aliphatic rings. The van der Waals surface area contributed by atoms with E-state index in [1.165, 1.54) is 24.3 Å². The normalized spacial score (nSPS) is 14.7. The lowest BCUT2D eigenvalue weighted by Crippen LogP contribution is -2.36. The molecule has 13 heteroatoms. The average Bonchev–Trinajstić information content (AvgIpc) is 2.73. The molecule has 3 aromatic rings. The molecular weight excluding hydrogens is 487 g/mol. The first-order chi connectivity index (χ1) is 16.1. The van der Waals surface area contributed by atoms with Crippen LogP contribution in [0.1, 0.15) is 23.5 Å². The Hall–Kier alpha value is -3.96. The first kappa shape index (κ1) is 23.2. The predicted molar refractivity (Wildman–Crippen MR) is 127 cm³/mol. The Morgan fingerprint density at radius 2 is 1.88 bits per heavy atom. The third-order valence-corrected chi connectivity index (χ3v) is 5.52. The standard InChI is InChI=1S/C21H16Cl2N6O5/c1-9-2-3-13(29(33)34)7-15(9)25-19(31)14-8-16(30)26-18-17(14)20(32)28-21(27-18)24-12-5-10(22)4-11(23)6-12/h2-7,14H,8H2,1H3,(H,25,31)(H3,24,26,27,28,30,32)/t14-/m0/s1. The van der Waals surface area contributed by atoms with Crippen molar-refractivity contribution >= 4 is 63.8 Å². The maximum Gasteiger partial charge on any atom is 0.271 e. The second-order valence-electron chi connectivity index (χ2n) is 7.51. The molecule has 2 amide bonds. The van der Waals surface area contributed by atoms with Gasteiger partial charge in [-0.25, -0.2) is 0 Å². The zero-order valence-corrected chi connectivity index (χ0v) is 19.0. The van der Waals surface area contributed by atoms with Crippen molar-refractivity contribution in [2.45, 2.75) is 19.3 Å². The summed E-state index contributed by atoms with van der Waals surface area (Å²) in [6.07, 6.45) is -0.297. The second-order valence-corrected chi connectivity index (χ2v) is 8.38. The summed E-state index contributed by atoms with van der Waals surface area (Å²) in [5, 5.41) is 19.7. The lowest BCUT2D eigenvalue weighted by Gasteiger charge is -2.24. The molecule has 4 rings (SSSR count). The molecule has 2 heterocycles. The number of anilines is 4. The SMILES string of the molecule is Cc1ccc([N+](=O)[O-])cc1NC(=O)[C@H]1CC(=O)Nc2nc(Nc3cc(Cl)cc(Cl)c3)[nH]c(=O)c21. The van der Waals surface area contributed by atoms with E-state index in [9.17, 15) is 24.5 Å². The number of carbonyl (C=O) groups is 2. The Bertz CT molecular complexity index is 1390. The van der Waals surface area contributed by atoms with Gasteiger partial charge in [0.25, 0.3) is 11.2 Å². The first-order valence-corrected chi connectivity index (χ1v) is 10.6. The Morgan fingerprint density at radius 1 is 1.18 bits per heavy atom. The number of halogens is 2. The number of hydrogen-bond acceptors (Lipinski definition) is 7. The van der Waals surface area contributed by atoms with Gasteiger partial charge >= 0.3 is 0 Å². The summed E-state index contributed by atoms with van der Waals surface area (Å²) in [5.74, 6) is -2.43. The first-order valence-electron chi connectivity index (χ1n) is 9.84. The third-order valence-electron chi connectivity index (χ3n) is 5.08. The topological polar surface area (TPSA) is 159 Å². The highest BCUT2D eigenvalue weighted by Crippen LogP contribution is 2.32. The lowest BCUT2D eigenvalue weighted by atomic mass is 9.92. The fourth-order valence-corrected chi connectivity index (χ4v) is 4.02. The number of carbonyl (C=O) groups excluding carboxylic acids is 2. The number of fused-ring (bicyclic) bond motifs is 1. The summed E-state index contributed by atoms with van der Waals surface area (Å²) in [7, 11) is 0. The number of nitrogens with one attached hydrogen (secondary N) is 4. The fraction of sp³-hybridized carbons (Fsp3) is 0.143. The van der Waals surface area contributed by atoms with Crippen molar-refractivity contribution in [3.05, 3.63) is 78.0 Å². The second kappa shape index (κ2) is 9.12. The van der Waals surface area contributed by atoms with Crippen LogP contribution >= 0.6 is 23.2 Å².